The number of benzene rings is 3. The van der Waals surface area contributed by atoms with Crippen LogP contribution in [0.1, 0.15) is 68.1 Å². The highest BCUT2D eigenvalue weighted by molar-refractivity contribution is 6.09. The molecule has 0 amide bonds. The molecule has 0 N–H and O–H groups in total. The van der Waals surface area contributed by atoms with Crippen LogP contribution in [-0.2, 0) is 6.42 Å². The van der Waals surface area contributed by atoms with Gasteiger partial charge in [0.15, 0.2) is 0 Å². The van der Waals surface area contributed by atoms with Crippen molar-refractivity contribution in [1.82, 2.24) is 19.3 Å². The minimum atomic E-state index is 0.404. The number of pyridine rings is 1. The third kappa shape index (κ3) is 5.14. The molecule has 0 saturated carbocycles. The zero-order valence-corrected chi connectivity index (χ0v) is 27.4. The molecule has 3 aromatic carbocycles. The van der Waals surface area contributed by atoms with E-state index in [1.54, 1.807) is 0 Å². The van der Waals surface area contributed by atoms with E-state index >= 15 is 0 Å². The molecule has 0 aliphatic heterocycles. The predicted molar refractivity (Wildman–Crippen MR) is 185 cm³/mol. The number of para-hydroxylation sites is 1. The summed E-state index contributed by atoms with van der Waals surface area (Å²) >= 11 is 0. The molecule has 0 bridgehead atoms. The standard InChI is InChI=1S/C40H42N4O/c1-8-30-20-31(44-29(7)40(28(6)42-44)39-26(4)17-25(3)18-27(39)5)22-33(21-30)45-32-13-14-35-34-11-9-10-12-36(34)43(37(35)23-32)38-19-24(2)15-16-41-38/h9-17,19-23,25,27,39H,8,18H2,1-7H3/t25?,27-,39+/m0/s1. The summed E-state index contributed by atoms with van der Waals surface area (Å²) in [6, 6.07) is 25.6. The summed E-state index contributed by atoms with van der Waals surface area (Å²) in [5, 5.41) is 7.48. The second-order valence-corrected chi connectivity index (χ2v) is 13.1. The van der Waals surface area contributed by atoms with Gasteiger partial charge in [-0.25, -0.2) is 9.67 Å². The zero-order valence-electron chi connectivity index (χ0n) is 27.4. The number of rotatable bonds is 6. The van der Waals surface area contributed by atoms with Gasteiger partial charge >= 0.3 is 0 Å². The fraction of sp³-hybridized carbons (Fsp3) is 0.300. The molecule has 3 atom stereocenters. The average molecular weight is 595 g/mol. The first-order valence-corrected chi connectivity index (χ1v) is 16.2. The van der Waals surface area contributed by atoms with Crippen molar-refractivity contribution < 1.29 is 4.74 Å². The Morgan fingerprint density at radius 2 is 1.64 bits per heavy atom. The summed E-state index contributed by atoms with van der Waals surface area (Å²) < 4.78 is 11.0. The van der Waals surface area contributed by atoms with E-state index in [0.717, 1.165) is 46.2 Å². The molecule has 1 unspecified atom stereocenters. The van der Waals surface area contributed by atoms with Crippen LogP contribution in [0.15, 0.2) is 90.6 Å². The normalized spacial score (nSPS) is 18.5. The molecule has 1 aliphatic carbocycles. The van der Waals surface area contributed by atoms with Gasteiger partial charge in [-0.05, 0) is 106 Å². The van der Waals surface area contributed by atoms with Gasteiger partial charge in [0.1, 0.15) is 17.3 Å². The average Bonchev–Trinajstić information content (AvgIpc) is 3.49. The molecule has 5 nitrogen and oxygen atoms in total. The number of hydrogen-bond donors (Lipinski definition) is 0. The van der Waals surface area contributed by atoms with E-state index in [-0.39, 0.29) is 0 Å². The second kappa shape index (κ2) is 11.4. The van der Waals surface area contributed by atoms with Gasteiger partial charge in [0.2, 0.25) is 0 Å². The molecule has 3 heterocycles. The van der Waals surface area contributed by atoms with Crippen molar-refractivity contribution in [2.45, 2.75) is 67.2 Å². The van der Waals surface area contributed by atoms with Crippen LogP contribution in [0, 0.1) is 32.6 Å². The number of allylic oxidation sites excluding steroid dienone is 2. The molecule has 3 aromatic heterocycles. The lowest BCUT2D eigenvalue weighted by atomic mass is 9.72. The Hall–Kier alpha value is -4.64. The molecule has 5 heteroatoms. The van der Waals surface area contributed by atoms with Crippen molar-refractivity contribution in [3.63, 3.8) is 0 Å². The van der Waals surface area contributed by atoms with Crippen molar-refractivity contribution in [1.29, 1.82) is 0 Å². The van der Waals surface area contributed by atoms with Crippen LogP contribution in [0.5, 0.6) is 11.5 Å². The van der Waals surface area contributed by atoms with Crippen LogP contribution < -0.4 is 4.74 Å². The van der Waals surface area contributed by atoms with Gasteiger partial charge in [-0.2, -0.15) is 5.10 Å². The van der Waals surface area contributed by atoms with Gasteiger partial charge in [-0.15, -0.1) is 0 Å². The summed E-state index contributed by atoms with van der Waals surface area (Å²) in [7, 11) is 0. The van der Waals surface area contributed by atoms with Crippen LogP contribution in [0.4, 0.5) is 0 Å². The van der Waals surface area contributed by atoms with E-state index in [1.165, 1.54) is 45.2 Å². The lowest BCUT2D eigenvalue weighted by molar-refractivity contribution is 0.390. The van der Waals surface area contributed by atoms with Crippen molar-refractivity contribution in [2.24, 2.45) is 11.8 Å². The Kier molecular flexibility index (Phi) is 7.35. The predicted octanol–water partition coefficient (Wildman–Crippen LogP) is 10.4. The van der Waals surface area contributed by atoms with Gasteiger partial charge < -0.3 is 4.74 Å². The van der Waals surface area contributed by atoms with Crippen LogP contribution >= 0.6 is 0 Å². The van der Waals surface area contributed by atoms with Gasteiger partial charge in [0.05, 0.1) is 22.4 Å². The van der Waals surface area contributed by atoms with Gasteiger partial charge in [0, 0.05) is 46.3 Å². The number of ether oxygens (including phenoxy) is 1. The van der Waals surface area contributed by atoms with Crippen molar-refractivity contribution in [3.05, 3.63) is 119 Å². The van der Waals surface area contributed by atoms with Crippen LogP contribution in [0.3, 0.4) is 0 Å². The Bertz CT molecular complexity index is 2100. The fourth-order valence-corrected chi connectivity index (χ4v) is 7.73. The zero-order chi connectivity index (χ0) is 31.4. The van der Waals surface area contributed by atoms with Crippen LogP contribution in [0.2, 0.25) is 0 Å². The number of nitrogens with zero attached hydrogens (tertiary/aromatic N) is 4. The van der Waals surface area contributed by atoms with Gasteiger partial charge in [0.25, 0.3) is 0 Å². The molecule has 0 saturated heterocycles. The lowest BCUT2D eigenvalue weighted by Gasteiger charge is -2.32. The SMILES string of the molecule is CCc1cc(Oc2ccc3c4ccccc4n(-c4cc(C)ccn4)c3c2)cc(-n2nc(C)c([C@@H]3C(C)=CC(C)C[C@@H]3C)c2C)c1. The topological polar surface area (TPSA) is 44.9 Å². The molecule has 6 aromatic rings. The Morgan fingerprint density at radius 1 is 0.844 bits per heavy atom. The number of fused-ring (bicyclic) bond motifs is 3. The molecule has 228 valence electrons. The van der Waals surface area contributed by atoms with Crippen LogP contribution in [-0.4, -0.2) is 19.3 Å². The number of hydrogen-bond acceptors (Lipinski definition) is 3. The quantitative estimate of drug-likeness (QED) is 0.180. The minimum Gasteiger partial charge on any atom is -0.457 e. The van der Waals surface area contributed by atoms with Gasteiger partial charge in [-0.1, -0.05) is 50.6 Å². The summed E-state index contributed by atoms with van der Waals surface area (Å²) in [4.78, 5) is 4.74. The molecule has 7 rings (SSSR count). The molecule has 0 fully saturated rings. The van der Waals surface area contributed by atoms with Gasteiger partial charge in [-0.3, -0.25) is 4.57 Å². The van der Waals surface area contributed by atoms with E-state index < -0.39 is 0 Å². The third-order valence-electron chi connectivity index (χ3n) is 9.62. The third-order valence-corrected chi connectivity index (χ3v) is 9.62. The van der Waals surface area contributed by atoms with Crippen LogP contribution in [0.25, 0.3) is 33.3 Å². The molecular weight excluding hydrogens is 552 g/mol. The fourth-order valence-electron chi connectivity index (χ4n) is 7.73. The smallest absolute Gasteiger partial charge is 0.137 e. The summed E-state index contributed by atoms with van der Waals surface area (Å²) in [6.45, 7) is 15.7. The second-order valence-electron chi connectivity index (χ2n) is 13.1. The number of aryl methyl sites for hydroxylation is 3. The molecule has 45 heavy (non-hydrogen) atoms. The van der Waals surface area contributed by atoms with E-state index in [4.69, 9.17) is 14.8 Å². The summed E-state index contributed by atoms with van der Waals surface area (Å²) in [5.41, 5.74) is 10.8. The lowest BCUT2D eigenvalue weighted by Crippen LogP contribution is -2.20. The highest BCUT2D eigenvalue weighted by Crippen LogP contribution is 2.43. The van der Waals surface area contributed by atoms with E-state index in [9.17, 15) is 0 Å². The monoisotopic (exact) mass is 594 g/mol. The highest BCUT2D eigenvalue weighted by Gasteiger charge is 2.31. The molecule has 0 radical (unpaired) electrons. The van der Waals surface area contributed by atoms with E-state index in [1.807, 2.05) is 12.3 Å². The maximum atomic E-state index is 6.66. The Morgan fingerprint density at radius 3 is 2.42 bits per heavy atom. The van der Waals surface area contributed by atoms with Crippen molar-refractivity contribution >= 4 is 21.8 Å². The highest BCUT2D eigenvalue weighted by atomic mass is 16.5. The molecular formula is C40H42N4O. The van der Waals surface area contributed by atoms with E-state index in [2.05, 4.69) is 131 Å². The largest absolute Gasteiger partial charge is 0.457 e. The number of aromatic nitrogens is 4. The van der Waals surface area contributed by atoms with Crippen molar-refractivity contribution in [3.8, 4) is 23.0 Å². The first-order chi connectivity index (χ1) is 21.7. The summed E-state index contributed by atoms with van der Waals surface area (Å²) in [6.07, 6.45) is 6.44. The van der Waals surface area contributed by atoms with E-state index in [0.29, 0.717) is 17.8 Å². The molecule has 0 spiro atoms. The molecule has 1 aliphatic rings. The Labute approximate surface area is 266 Å². The maximum absolute atomic E-state index is 6.66. The first-order valence-electron chi connectivity index (χ1n) is 16.2. The first kappa shape index (κ1) is 29.1. The minimum absolute atomic E-state index is 0.404. The maximum Gasteiger partial charge on any atom is 0.137 e. The Balaban J connectivity index is 1.30. The summed E-state index contributed by atoms with van der Waals surface area (Å²) in [5.74, 6) is 4.12. The van der Waals surface area contributed by atoms with Crippen molar-refractivity contribution in [2.75, 3.05) is 0 Å².